The van der Waals surface area contributed by atoms with Crippen molar-refractivity contribution in [2.45, 2.75) is 13.5 Å². The second-order valence-corrected chi connectivity index (χ2v) is 6.30. The third kappa shape index (κ3) is 5.89. The van der Waals surface area contributed by atoms with Gasteiger partial charge in [0.2, 0.25) is 5.91 Å². The first-order chi connectivity index (χ1) is 12.9. The van der Waals surface area contributed by atoms with Crippen LogP contribution in [0, 0.1) is 0 Å². The van der Waals surface area contributed by atoms with Crippen LogP contribution in [0.15, 0.2) is 42.5 Å². The second-order valence-electron chi connectivity index (χ2n) is 5.89. The first-order valence-electron chi connectivity index (χ1n) is 8.44. The minimum Gasteiger partial charge on any atom is -0.497 e. The summed E-state index contributed by atoms with van der Waals surface area (Å²) in [5.41, 5.74) is 1.28. The topological polar surface area (TPSA) is 67.9 Å². The zero-order valence-electron chi connectivity index (χ0n) is 15.6. The fourth-order valence-electron chi connectivity index (χ4n) is 2.53. The third-order valence-electron chi connectivity index (χ3n) is 4.05. The lowest BCUT2D eigenvalue weighted by molar-refractivity contribution is -0.129. The van der Waals surface area contributed by atoms with Gasteiger partial charge in [-0.2, -0.15) is 0 Å². The van der Waals surface area contributed by atoms with Crippen molar-refractivity contribution in [3.05, 3.63) is 58.6 Å². The molecular formula is C20H23ClN2O4. The van der Waals surface area contributed by atoms with E-state index < -0.39 is 0 Å². The van der Waals surface area contributed by atoms with Crippen LogP contribution in [0.5, 0.6) is 11.5 Å². The Bertz CT molecular complexity index is 788. The number of carbonyl (C=O) groups excluding carboxylic acids is 2. The lowest BCUT2D eigenvalue weighted by Crippen LogP contribution is -2.37. The molecule has 1 N–H and O–H groups in total. The number of hydrogen-bond acceptors (Lipinski definition) is 4. The predicted octanol–water partition coefficient (Wildman–Crippen LogP) is 3.14. The number of ether oxygens (including phenoxy) is 2. The molecule has 144 valence electrons. The fourth-order valence-corrected chi connectivity index (χ4v) is 2.72. The standard InChI is InChI=1S/C20H23ClN2O4/c1-14(24)23(13-15-6-4-5-7-19(15)21)9-8-22-20(25)16-10-17(26-2)12-18(11-16)27-3/h4-7,10-12H,8-9,13H2,1-3H3,(H,22,25). The van der Waals surface area contributed by atoms with Gasteiger partial charge in [-0.25, -0.2) is 0 Å². The van der Waals surface area contributed by atoms with Crippen LogP contribution < -0.4 is 14.8 Å². The van der Waals surface area contributed by atoms with Crippen LogP contribution in [0.2, 0.25) is 5.02 Å². The van der Waals surface area contributed by atoms with Crippen molar-refractivity contribution in [1.82, 2.24) is 10.2 Å². The number of nitrogens with zero attached hydrogens (tertiary/aromatic N) is 1. The first-order valence-corrected chi connectivity index (χ1v) is 8.82. The average molecular weight is 391 g/mol. The van der Waals surface area contributed by atoms with Crippen molar-refractivity contribution in [1.29, 1.82) is 0 Å². The molecule has 27 heavy (non-hydrogen) atoms. The summed E-state index contributed by atoms with van der Waals surface area (Å²) in [5.74, 6) is 0.702. The van der Waals surface area contributed by atoms with Crippen molar-refractivity contribution in [3.63, 3.8) is 0 Å². The van der Waals surface area contributed by atoms with E-state index in [9.17, 15) is 9.59 Å². The SMILES string of the molecule is COc1cc(OC)cc(C(=O)NCCN(Cc2ccccc2Cl)C(C)=O)c1. The molecule has 2 amide bonds. The van der Waals surface area contributed by atoms with Gasteiger partial charge >= 0.3 is 0 Å². The number of nitrogens with one attached hydrogen (secondary N) is 1. The summed E-state index contributed by atoms with van der Waals surface area (Å²) in [7, 11) is 3.05. The van der Waals surface area contributed by atoms with Gasteiger partial charge in [0, 0.05) is 43.2 Å². The molecule has 7 heteroatoms. The highest BCUT2D eigenvalue weighted by atomic mass is 35.5. The average Bonchev–Trinajstić information content (AvgIpc) is 2.67. The highest BCUT2D eigenvalue weighted by molar-refractivity contribution is 6.31. The summed E-state index contributed by atoms with van der Waals surface area (Å²) < 4.78 is 10.3. The van der Waals surface area contributed by atoms with Crippen molar-refractivity contribution in [3.8, 4) is 11.5 Å². The zero-order chi connectivity index (χ0) is 19.8. The number of halogens is 1. The summed E-state index contributed by atoms with van der Waals surface area (Å²) in [5, 5.41) is 3.42. The molecule has 0 atom stereocenters. The Morgan fingerprint density at radius 1 is 1.07 bits per heavy atom. The van der Waals surface area contributed by atoms with E-state index in [-0.39, 0.29) is 11.8 Å². The maximum atomic E-state index is 12.4. The van der Waals surface area contributed by atoms with E-state index in [1.807, 2.05) is 18.2 Å². The molecule has 0 saturated heterocycles. The van der Waals surface area contributed by atoms with E-state index in [1.165, 1.54) is 21.1 Å². The maximum absolute atomic E-state index is 12.4. The van der Waals surface area contributed by atoms with Crippen LogP contribution in [-0.4, -0.2) is 44.0 Å². The minimum absolute atomic E-state index is 0.0905. The Kier molecular flexibility index (Phi) is 7.49. The van der Waals surface area contributed by atoms with E-state index in [2.05, 4.69) is 5.32 Å². The first kappa shape index (κ1) is 20.6. The van der Waals surface area contributed by atoms with Gasteiger partial charge in [0.25, 0.3) is 5.91 Å². The molecule has 0 unspecified atom stereocenters. The molecule has 2 aromatic rings. The number of hydrogen-bond donors (Lipinski definition) is 1. The number of rotatable bonds is 8. The molecule has 0 aromatic heterocycles. The zero-order valence-corrected chi connectivity index (χ0v) is 16.4. The van der Waals surface area contributed by atoms with Gasteiger partial charge in [-0.1, -0.05) is 29.8 Å². The summed E-state index contributed by atoms with van der Waals surface area (Å²) >= 11 is 6.16. The summed E-state index contributed by atoms with van der Waals surface area (Å²) in [6.07, 6.45) is 0. The Balaban J connectivity index is 1.97. The van der Waals surface area contributed by atoms with Crippen LogP contribution in [-0.2, 0) is 11.3 Å². The number of methoxy groups -OCH3 is 2. The monoisotopic (exact) mass is 390 g/mol. The van der Waals surface area contributed by atoms with Crippen molar-refractivity contribution >= 4 is 23.4 Å². The van der Waals surface area contributed by atoms with E-state index in [1.54, 1.807) is 29.2 Å². The van der Waals surface area contributed by atoms with Gasteiger partial charge in [0.15, 0.2) is 0 Å². The van der Waals surface area contributed by atoms with Gasteiger partial charge in [0.1, 0.15) is 11.5 Å². The number of carbonyl (C=O) groups is 2. The lowest BCUT2D eigenvalue weighted by Gasteiger charge is -2.22. The van der Waals surface area contributed by atoms with E-state index >= 15 is 0 Å². The van der Waals surface area contributed by atoms with E-state index in [0.29, 0.717) is 41.7 Å². The van der Waals surface area contributed by atoms with Gasteiger partial charge in [-0.05, 0) is 23.8 Å². The number of amides is 2. The molecule has 0 aliphatic carbocycles. The summed E-state index contributed by atoms with van der Waals surface area (Å²) in [4.78, 5) is 25.9. The largest absolute Gasteiger partial charge is 0.497 e. The molecule has 0 aliphatic heterocycles. The lowest BCUT2D eigenvalue weighted by atomic mass is 10.2. The van der Waals surface area contributed by atoms with Gasteiger partial charge in [-0.3, -0.25) is 9.59 Å². The van der Waals surface area contributed by atoms with Crippen LogP contribution in [0.3, 0.4) is 0 Å². The normalized spacial score (nSPS) is 10.2. The predicted molar refractivity (Wildman–Crippen MR) is 104 cm³/mol. The van der Waals surface area contributed by atoms with Crippen LogP contribution >= 0.6 is 11.6 Å². The van der Waals surface area contributed by atoms with Gasteiger partial charge in [-0.15, -0.1) is 0 Å². The minimum atomic E-state index is -0.270. The van der Waals surface area contributed by atoms with E-state index in [0.717, 1.165) is 5.56 Å². The van der Waals surface area contributed by atoms with Crippen LogP contribution in [0.4, 0.5) is 0 Å². The molecule has 0 bridgehead atoms. The quantitative estimate of drug-likeness (QED) is 0.751. The Morgan fingerprint density at radius 2 is 1.70 bits per heavy atom. The Morgan fingerprint density at radius 3 is 2.26 bits per heavy atom. The third-order valence-corrected chi connectivity index (χ3v) is 4.41. The molecule has 0 spiro atoms. The van der Waals surface area contributed by atoms with Crippen LogP contribution in [0.1, 0.15) is 22.8 Å². The molecule has 0 fully saturated rings. The van der Waals surface area contributed by atoms with E-state index in [4.69, 9.17) is 21.1 Å². The molecule has 6 nitrogen and oxygen atoms in total. The van der Waals surface area contributed by atoms with Gasteiger partial charge in [0.05, 0.1) is 14.2 Å². The molecule has 2 rings (SSSR count). The van der Waals surface area contributed by atoms with Gasteiger partial charge < -0.3 is 19.7 Å². The smallest absolute Gasteiger partial charge is 0.251 e. The highest BCUT2D eigenvalue weighted by Gasteiger charge is 2.13. The fraction of sp³-hybridized carbons (Fsp3) is 0.300. The molecule has 0 radical (unpaired) electrons. The maximum Gasteiger partial charge on any atom is 0.251 e. The Hall–Kier alpha value is -2.73. The molecule has 2 aromatic carbocycles. The van der Waals surface area contributed by atoms with Crippen molar-refractivity contribution in [2.24, 2.45) is 0 Å². The van der Waals surface area contributed by atoms with Crippen molar-refractivity contribution < 1.29 is 19.1 Å². The Labute approximate surface area is 164 Å². The molecular weight excluding hydrogens is 368 g/mol. The number of benzene rings is 2. The molecule has 0 saturated carbocycles. The molecule has 0 heterocycles. The molecule has 0 aliphatic rings. The summed E-state index contributed by atoms with van der Waals surface area (Å²) in [6.45, 7) is 2.55. The summed E-state index contributed by atoms with van der Waals surface area (Å²) in [6, 6.07) is 12.3. The van der Waals surface area contributed by atoms with Crippen molar-refractivity contribution in [2.75, 3.05) is 27.3 Å². The second kappa shape index (κ2) is 9.83. The highest BCUT2D eigenvalue weighted by Crippen LogP contribution is 2.22. The van der Waals surface area contributed by atoms with Crippen LogP contribution in [0.25, 0.3) is 0 Å².